The number of hydrogen-bond acceptors (Lipinski definition) is 0. The summed E-state index contributed by atoms with van der Waals surface area (Å²) in [6.07, 6.45) is 0. The van der Waals surface area contributed by atoms with Crippen molar-refractivity contribution < 1.29 is 8.78 Å². The zero-order valence-corrected chi connectivity index (χ0v) is 8.20. The van der Waals surface area contributed by atoms with Gasteiger partial charge in [-0.15, -0.1) is 0 Å². The van der Waals surface area contributed by atoms with Crippen molar-refractivity contribution >= 4 is 22.4 Å². The van der Waals surface area contributed by atoms with E-state index in [-0.39, 0.29) is 0 Å². The Hall–Kier alpha value is -1.15. The fourth-order valence-corrected chi connectivity index (χ4v) is 1.58. The Kier molecular flexibility index (Phi) is 2.16. The summed E-state index contributed by atoms with van der Waals surface area (Å²) in [5, 5.41) is 0.438. The Balaban J connectivity index is 2.91. The summed E-state index contributed by atoms with van der Waals surface area (Å²) in [5.74, 6) is -1.41. The highest BCUT2D eigenvalue weighted by atomic mass is 35.5. The van der Waals surface area contributed by atoms with E-state index >= 15 is 0 Å². The molecule has 0 saturated heterocycles. The number of fused-ring (bicyclic) bond motifs is 1. The Morgan fingerprint density at radius 2 is 1.86 bits per heavy atom. The van der Waals surface area contributed by atoms with Crippen LogP contribution in [0.5, 0.6) is 0 Å². The van der Waals surface area contributed by atoms with E-state index in [2.05, 4.69) is 0 Å². The molecule has 0 heterocycles. The zero-order valence-electron chi connectivity index (χ0n) is 7.44. The molecule has 0 amide bonds. The van der Waals surface area contributed by atoms with Gasteiger partial charge in [0.25, 0.3) is 0 Å². The molecular formula is C11H7ClF2. The SMILES string of the molecule is Cc1ccc2c(F)c(Cl)c(F)cc2c1. The molecule has 72 valence electrons. The molecule has 0 spiro atoms. The fourth-order valence-electron chi connectivity index (χ4n) is 1.42. The summed E-state index contributed by atoms with van der Waals surface area (Å²) >= 11 is 5.45. The highest BCUT2D eigenvalue weighted by Crippen LogP contribution is 2.27. The Labute approximate surface area is 85.1 Å². The van der Waals surface area contributed by atoms with Crippen molar-refractivity contribution in [2.24, 2.45) is 0 Å². The Morgan fingerprint density at radius 1 is 1.14 bits per heavy atom. The minimum atomic E-state index is -0.720. The van der Waals surface area contributed by atoms with Crippen LogP contribution < -0.4 is 0 Å². The fraction of sp³-hybridized carbons (Fsp3) is 0.0909. The molecule has 0 N–H and O–H groups in total. The predicted octanol–water partition coefficient (Wildman–Crippen LogP) is 4.08. The normalized spacial score (nSPS) is 10.9. The molecule has 0 bridgehead atoms. The Morgan fingerprint density at radius 3 is 2.57 bits per heavy atom. The van der Waals surface area contributed by atoms with Crippen LogP contribution in [-0.4, -0.2) is 0 Å². The molecule has 0 saturated carbocycles. The first-order chi connectivity index (χ1) is 6.59. The molecule has 0 unspecified atom stereocenters. The molecule has 0 radical (unpaired) electrons. The molecule has 2 aromatic carbocycles. The molecule has 0 aromatic heterocycles. The van der Waals surface area contributed by atoms with Crippen LogP contribution in [0.4, 0.5) is 8.78 Å². The molecule has 0 atom stereocenters. The molecular weight excluding hydrogens is 206 g/mol. The summed E-state index contributed by atoms with van der Waals surface area (Å²) < 4.78 is 26.5. The van der Waals surface area contributed by atoms with Crippen LogP contribution in [-0.2, 0) is 0 Å². The van der Waals surface area contributed by atoms with Gasteiger partial charge < -0.3 is 0 Å². The summed E-state index contributed by atoms with van der Waals surface area (Å²) in [4.78, 5) is 0. The van der Waals surface area contributed by atoms with Crippen LogP contribution in [0, 0.1) is 18.6 Å². The van der Waals surface area contributed by atoms with E-state index in [0.29, 0.717) is 10.8 Å². The van der Waals surface area contributed by atoms with E-state index < -0.39 is 16.7 Å². The highest BCUT2D eigenvalue weighted by molar-refractivity contribution is 6.31. The second-order valence-electron chi connectivity index (χ2n) is 3.21. The predicted molar refractivity (Wildman–Crippen MR) is 53.6 cm³/mol. The van der Waals surface area contributed by atoms with Crippen molar-refractivity contribution in [3.05, 3.63) is 46.5 Å². The van der Waals surface area contributed by atoms with Crippen molar-refractivity contribution in [3.63, 3.8) is 0 Å². The minimum absolute atomic E-state index is 0.349. The number of benzene rings is 2. The topological polar surface area (TPSA) is 0 Å². The van der Waals surface area contributed by atoms with Gasteiger partial charge in [0.05, 0.1) is 0 Å². The van der Waals surface area contributed by atoms with Crippen molar-refractivity contribution in [1.82, 2.24) is 0 Å². The van der Waals surface area contributed by atoms with E-state index in [1.165, 1.54) is 6.07 Å². The lowest BCUT2D eigenvalue weighted by molar-refractivity contribution is 0.593. The largest absolute Gasteiger partial charge is 0.205 e. The molecule has 0 fully saturated rings. The first-order valence-electron chi connectivity index (χ1n) is 4.13. The van der Waals surface area contributed by atoms with Gasteiger partial charge in [0, 0.05) is 5.39 Å². The zero-order chi connectivity index (χ0) is 10.3. The van der Waals surface area contributed by atoms with Gasteiger partial charge in [0.15, 0.2) is 5.82 Å². The second-order valence-corrected chi connectivity index (χ2v) is 3.59. The summed E-state index contributed by atoms with van der Waals surface area (Å²) in [6, 6.07) is 6.33. The number of aryl methyl sites for hydroxylation is 1. The van der Waals surface area contributed by atoms with Gasteiger partial charge in [-0.05, 0) is 18.4 Å². The van der Waals surface area contributed by atoms with Crippen LogP contribution >= 0.6 is 11.6 Å². The number of rotatable bonds is 0. The van der Waals surface area contributed by atoms with Crippen LogP contribution in [0.3, 0.4) is 0 Å². The van der Waals surface area contributed by atoms with Gasteiger partial charge in [-0.25, -0.2) is 8.78 Å². The monoisotopic (exact) mass is 212 g/mol. The van der Waals surface area contributed by atoms with Gasteiger partial charge in [0.1, 0.15) is 10.8 Å². The number of halogens is 3. The maximum atomic E-state index is 13.4. The number of hydrogen-bond donors (Lipinski definition) is 0. The van der Waals surface area contributed by atoms with Crippen LogP contribution in [0.1, 0.15) is 5.56 Å². The molecule has 0 aliphatic carbocycles. The smallest absolute Gasteiger partial charge is 0.152 e. The van der Waals surface area contributed by atoms with Crippen molar-refractivity contribution in [1.29, 1.82) is 0 Å². The average molecular weight is 213 g/mol. The summed E-state index contributed by atoms with van der Waals surface area (Å²) in [6.45, 7) is 1.86. The quantitative estimate of drug-likeness (QED) is 0.578. The van der Waals surface area contributed by atoms with Gasteiger partial charge in [-0.1, -0.05) is 35.4 Å². The third kappa shape index (κ3) is 1.36. The minimum Gasteiger partial charge on any atom is -0.205 e. The lowest BCUT2D eigenvalue weighted by Gasteiger charge is -2.03. The maximum absolute atomic E-state index is 13.4. The standard InChI is InChI=1S/C11H7ClF2/c1-6-2-3-8-7(4-6)5-9(13)10(12)11(8)14/h2-5H,1H3. The van der Waals surface area contributed by atoms with E-state index in [9.17, 15) is 8.78 Å². The lowest BCUT2D eigenvalue weighted by atomic mass is 10.1. The molecule has 14 heavy (non-hydrogen) atoms. The lowest BCUT2D eigenvalue weighted by Crippen LogP contribution is -1.87. The molecule has 2 aromatic rings. The Bertz CT molecular complexity index is 506. The molecule has 0 aliphatic rings. The molecule has 2 rings (SSSR count). The first-order valence-corrected chi connectivity index (χ1v) is 4.51. The molecule has 0 aliphatic heterocycles. The summed E-state index contributed by atoms with van der Waals surface area (Å²) in [7, 11) is 0. The molecule has 3 heteroatoms. The van der Waals surface area contributed by atoms with E-state index in [4.69, 9.17) is 11.6 Å². The third-order valence-corrected chi connectivity index (χ3v) is 2.47. The van der Waals surface area contributed by atoms with E-state index in [1.807, 2.05) is 6.92 Å². The summed E-state index contributed by atoms with van der Waals surface area (Å²) in [5.41, 5.74) is 0.957. The van der Waals surface area contributed by atoms with Crippen LogP contribution in [0.2, 0.25) is 5.02 Å². The first kappa shape index (κ1) is 9.41. The average Bonchev–Trinajstić information content (AvgIpc) is 2.14. The van der Waals surface area contributed by atoms with Gasteiger partial charge in [-0.3, -0.25) is 0 Å². The van der Waals surface area contributed by atoms with Crippen molar-refractivity contribution in [3.8, 4) is 0 Å². The van der Waals surface area contributed by atoms with E-state index in [1.54, 1.807) is 18.2 Å². The van der Waals surface area contributed by atoms with Gasteiger partial charge in [0.2, 0.25) is 0 Å². The van der Waals surface area contributed by atoms with Crippen LogP contribution in [0.15, 0.2) is 24.3 Å². The van der Waals surface area contributed by atoms with Gasteiger partial charge >= 0.3 is 0 Å². The molecule has 0 nitrogen and oxygen atoms in total. The van der Waals surface area contributed by atoms with E-state index in [0.717, 1.165) is 5.56 Å². The highest BCUT2D eigenvalue weighted by Gasteiger charge is 2.10. The van der Waals surface area contributed by atoms with Crippen molar-refractivity contribution in [2.75, 3.05) is 0 Å². The van der Waals surface area contributed by atoms with Gasteiger partial charge in [-0.2, -0.15) is 0 Å². The second kappa shape index (κ2) is 3.21. The van der Waals surface area contributed by atoms with Crippen molar-refractivity contribution in [2.45, 2.75) is 6.92 Å². The van der Waals surface area contributed by atoms with Crippen LogP contribution in [0.25, 0.3) is 10.8 Å². The third-order valence-electron chi connectivity index (χ3n) is 2.13. The maximum Gasteiger partial charge on any atom is 0.152 e.